The van der Waals surface area contributed by atoms with Crippen molar-refractivity contribution < 1.29 is 4.74 Å². The standard InChI is InChI=1S/C13H17NOS/c1-2-12(13(14)16)15-11-7-6-9-4-3-5-10(9)8-11/h6-8,12H,2-5H2,1H3,(H2,14,16). The molecule has 16 heavy (non-hydrogen) atoms. The Morgan fingerprint density at radius 1 is 1.44 bits per heavy atom. The van der Waals surface area contributed by atoms with E-state index < -0.39 is 0 Å². The molecule has 1 unspecified atom stereocenters. The number of nitrogens with two attached hydrogens (primary N) is 1. The highest BCUT2D eigenvalue weighted by molar-refractivity contribution is 7.80. The summed E-state index contributed by atoms with van der Waals surface area (Å²) >= 11 is 4.97. The van der Waals surface area contributed by atoms with Gasteiger partial charge in [-0.05, 0) is 48.9 Å². The monoisotopic (exact) mass is 235 g/mol. The number of thiocarbonyl (C=S) groups is 1. The summed E-state index contributed by atoms with van der Waals surface area (Å²) in [6, 6.07) is 6.30. The van der Waals surface area contributed by atoms with E-state index in [1.807, 2.05) is 13.0 Å². The SMILES string of the molecule is CCC(Oc1ccc2c(c1)CCC2)C(N)=S. The second kappa shape index (κ2) is 4.83. The second-order valence-corrected chi connectivity index (χ2v) is 4.67. The maximum Gasteiger partial charge on any atom is 0.148 e. The molecule has 2 nitrogen and oxygen atoms in total. The quantitative estimate of drug-likeness (QED) is 0.815. The molecular formula is C13H17NOS. The van der Waals surface area contributed by atoms with Gasteiger partial charge in [0.15, 0.2) is 0 Å². The number of aryl methyl sites for hydroxylation is 2. The number of rotatable bonds is 4. The van der Waals surface area contributed by atoms with Crippen LogP contribution in [0.2, 0.25) is 0 Å². The molecule has 1 aliphatic rings. The van der Waals surface area contributed by atoms with Crippen molar-refractivity contribution in [3.8, 4) is 5.75 Å². The van der Waals surface area contributed by atoms with Crippen LogP contribution in [-0.4, -0.2) is 11.1 Å². The van der Waals surface area contributed by atoms with E-state index in [4.69, 9.17) is 22.7 Å². The fraction of sp³-hybridized carbons (Fsp3) is 0.462. The van der Waals surface area contributed by atoms with Crippen LogP contribution >= 0.6 is 12.2 Å². The minimum Gasteiger partial charge on any atom is -0.483 e. The average molecular weight is 235 g/mol. The van der Waals surface area contributed by atoms with Gasteiger partial charge in [0, 0.05) is 0 Å². The Labute approximate surface area is 102 Å². The maximum atomic E-state index is 5.78. The Hall–Kier alpha value is -1.09. The minimum absolute atomic E-state index is 0.144. The largest absolute Gasteiger partial charge is 0.483 e. The van der Waals surface area contributed by atoms with Crippen LogP contribution in [0.3, 0.4) is 0 Å². The first kappa shape index (κ1) is 11.4. The second-order valence-electron chi connectivity index (χ2n) is 4.20. The van der Waals surface area contributed by atoms with Gasteiger partial charge in [-0.2, -0.15) is 0 Å². The maximum absolute atomic E-state index is 5.78. The van der Waals surface area contributed by atoms with Crippen molar-refractivity contribution in [2.75, 3.05) is 0 Å². The lowest BCUT2D eigenvalue weighted by Gasteiger charge is -2.16. The third kappa shape index (κ3) is 2.35. The molecule has 86 valence electrons. The van der Waals surface area contributed by atoms with Crippen LogP contribution in [0.5, 0.6) is 5.75 Å². The smallest absolute Gasteiger partial charge is 0.148 e. The average Bonchev–Trinajstić information content (AvgIpc) is 2.72. The summed E-state index contributed by atoms with van der Waals surface area (Å²) in [6.07, 6.45) is 4.28. The molecule has 1 aromatic rings. The van der Waals surface area contributed by atoms with Crippen molar-refractivity contribution in [3.05, 3.63) is 29.3 Å². The highest BCUT2D eigenvalue weighted by Gasteiger charge is 2.14. The topological polar surface area (TPSA) is 35.2 Å². The van der Waals surface area contributed by atoms with Gasteiger partial charge in [0.2, 0.25) is 0 Å². The molecule has 0 heterocycles. The Bertz CT molecular complexity index is 403. The van der Waals surface area contributed by atoms with Crippen LogP contribution in [0.25, 0.3) is 0 Å². The van der Waals surface area contributed by atoms with Crippen molar-refractivity contribution >= 4 is 17.2 Å². The highest BCUT2D eigenvalue weighted by Crippen LogP contribution is 2.26. The van der Waals surface area contributed by atoms with Gasteiger partial charge in [-0.1, -0.05) is 25.2 Å². The Kier molecular flexibility index (Phi) is 3.44. The van der Waals surface area contributed by atoms with Crippen LogP contribution in [0, 0.1) is 0 Å². The molecule has 0 bridgehead atoms. The molecular weight excluding hydrogens is 218 g/mol. The van der Waals surface area contributed by atoms with Gasteiger partial charge in [0.05, 0.1) is 0 Å². The summed E-state index contributed by atoms with van der Waals surface area (Å²) < 4.78 is 5.78. The first-order valence-electron chi connectivity index (χ1n) is 5.78. The molecule has 0 fully saturated rings. The zero-order valence-electron chi connectivity index (χ0n) is 9.53. The van der Waals surface area contributed by atoms with E-state index in [9.17, 15) is 0 Å². The molecule has 2 N–H and O–H groups in total. The normalized spacial score (nSPS) is 15.6. The number of fused-ring (bicyclic) bond motifs is 1. The summed E-state index contributed by atoms with van der Waals surface area (Å²) in [7, 11) is 0. The molecule has 1 aliphatic carbocycles. The molecule has 0 saturated carbocycles. The first-order valence-corrected chi connectivity index (χ1v) is 6.19. The van der Waals surface area contributed by atoms with Gasteiger partial charge >= 0.3 is 0 Å². The van der Waals surface area contributed by atoms with E-state index >= 15 is 0 Å². The predicted molar refractivity (Wildman–Crippen MR) is 70.0 cm³/mol. The zero-order valence-corrected chi connectivity index (χ0v) is 10.3. The van der Waals surface area contributed by atoms with Gasteiger partial charge in [-0.25, -0.2) is 0 Å². The summed E-state index contributed by atoms with van der Waals surface area (Å²) in [5.74, 6) is 0.889. The number of hydrogen-bond donors (Lipinski definition) is 1. The van der Waals surface area contributed by atoms with Crippen molar-refractivity contribution in [2.45, 2.75) is 38.7 Å². The molecule has 0 aliphatic heterocycles. The van der Waals surface area contributed by atoms with Crippen LogP contribution < -0.4 is 10.5 Å². The van der Waals surface area contributed by atoms with E-state index in [2.05, 4.69) is 12.1 Å². The van der Waals surface area contributed by atoms with Gasteiger partial charge in [-0.15, -0.1) is 0 Å². The fourth-order valence-electron chi connectivity index (χ4n) is 2.13. The van der Waals surface area contributed by atoms with Gasteiger partial charge in [-0.3, -0.25) is 0 Å². The van der Waals surface area contributed by atoms with E-state index in [-0.39, 0.29) is 6.10 Å². The molecule has 0 saturated heterocycles. The van der Waals surface area contributed by atoms with Crippen molar-refractivity contribution in [1.82, 2.24) is 0 Å². The summed E-state index contributed by atoms with van der Waals surface area (Å²) in [5, 5.41) is 0. The van der Waals surface area contributed by atoms with Crippen LogP contribution in [0.1, 0.15) is 30.9 Å². The lowest BCUT2D eigenvalue weighted by atomic mass is 10.1. The predicted octanol–water partition coefficient (Wildman–Crippen LogP) is 2.62. The van der Waals surface area contributed by atoms with E-state index in [1.165, 1.54) is 24.0 Å². The summed E-state index contributed by atoms with van der Waals surface area (Å²) in [6.45, 7) is 2.02. The Balaban J connectivity index is 2.13. The van der Waals surface area contributed by atoms with Crippen molar-refractivity contribution in [3.63, 3.8) is 0 Å². The number of benzene rings is 1. The molecule has 1 aromatic carbocycles. The van der Waals surface area contributed by atoms with Crippen molar-refractivity contribution in [2.24, 2.45) is 5.73 Å². The minimum atomic E-state index is -0.144. The molecule has 1 atom stereocenters. The lowest BCUT2D eigenvalue weighted by Crippen LogP contribution is -2.31. The van der Waals surface area contributed by atoms with E-state index in [1.54, 1.807) is 0 Å². The molecule has 0 amide bonds. The Morgan fingerprint density at radius 2 is 2.19 bits per heavy atom. The molecule has 0 radical (unpaired) electrons. The lowest BCUT2D eigenvalue weighted by molar-refractivity contribution is 0.264. The number of hydrogen-bond acceptors (Lipinski definition) is 2. The first-order chi connectivity index (χ1) is 7.70. The van der Waals surface area contributed by atoms with Gasteiger partial charge < -0.3 is 10.5 Å². The highest BCUT2D eigenvalue weighted by atomic mass is 32.1. The van der Waals surface area contributed by atoms with E-state index in [0.29, 0.717) is 4.99 Å². The molecule has 0 spiro atoms. The zero-order chi connectivity index (χ0) is 11.5. The van der Waals surface area contributed by atoms with Crippen LogP contribution in [0.15, 0.2) is 18.2 Å². The van der Waals surface area contributed by atoms with Gasteiger partial charge in [0.1, 0.15) is 16.8 Å². The third-order valence-electron chi connectivity index (χ3n) is 3.04. The summed E-state index contributed by atoms with van der Waals surface area (Å²) in [5.41, 5.74) is 8.48. The third-order valence-corrected chi connectivity index (χ3v) is 3.30. The van der Waals surface area contributed by atoms with Crippen LogP contribution in [0.4, 0.5) is 0 Å². The molecule has 2 rings (SSSR count). The molecule has 3 heteroatoms. The Morgan fingerprint density at radius 3 is 2.88 bits per heavy atom. The van der Waals surface area contributed by atoms with Crippen molar-refractivity contribution in [1.29, 1.82) is 0 Å². The van der Waals surface area contributed by atoms with Crippen LogP contribution in [-0.2, 0) is 12.8 Å². The molecule has 0 aromatic heterocycles. The van der Waals surface area contributed by atoms with Gasteiger partial charge in [0.25, 0.3) is 0 Å². The number of ether oxygens (including phenoxy) is 1. The summed E-state index contributed by atoms with van der Waals surface area (Å²) in [4.78, 5) is 0.433. The fourth-order valence-corrected chi connectivity index (χ4v) is 2.34. The van der Waals surface area contributed by atoms with E-state index in [0.717, 1.165) is 18.6 Å².